The molecule has 73 heavy (non-hydrogen) atoms. The summed E-state index contributed by atoms with van der Waals surface area (Å²) in [5.41, 5.74) is -9.84. The molecule has 2 aromatic carbocycles. The molecule has 5 atom stereocenters. The van der Waals surface area contributed by atoms with E-state index in [0.29, 0.717) is 12.1 Å². The molecule has 418 valence electrons. The minimum atomic E-state index is -9.00. The molecule has 4 rings (SSSR count). The largest absolute Gasteiger partial charge is 0.460 e. The topological polar surface area (TPSA) is 59.0 Å². The number of carbonyl (C=O) groups excluding carboxylic acids is 1. The highest BCUT2D eigenvalue weighted by molar-refractivity contribution is 5.76. The first kappa shape index (κ1) is 61.2. The van der Waals surface area contributed by atoms with Crippen molar-refractivity contribution >= 4 is 5.97 Å². The van der Waals surface area contributed by atoms with Gasteiger partial charge in [-0.05, 0) is 50.3 Å². The fourth-order valence-electron chi connectivity index (χ4n) is 7.60. The van der Waals surface area contributed by atoms with Crippen molar-refractivity contribution in [3.63, 3.8) is 0 Å². The highest BCUT2D eigenvalue weighted by Crippen LogP contribution is 2.66. The van der Waals surface area contributed by atoms with Gasteiger partial charge in [-0.25, -0.2) is 0 Å². The molecular weight excluding hydrogens is 1100 g/mol. The minimum Gasteiger partial charge on any atom is -0.450 e. The Morgan fingerprint density at radius 2 is 0.863 bits per heavy atom. The third-order valence-corrected chi connectivity index (χ3v) is 11.8. The van der Waals surface area contributed by atoms with E-state index in [-0.39, 0.29) is 49.2 Å². The van der Waals surface area contributed by atoms with Crippen molar-refractivity contribution in [3.05, 3.63) is 59.7 Å². The number of aliphatic hydroxyl groups excluding tert-OH is 1. The van der Waals surface area contributed by atoms with Gasteiger partial charge in [0.2, 0.25) is 0 Å². The van der Waals surface area contributed by atoms with E-state index in [1.54, 1.807) is 0 Å². The number of benzene rings is 2. The number of ether oxygens (including phenoxy) is 1. The number of nitrogens with zero attached hydrogens (tertiary/aromatic N) is 1. The first-order valence-corrected chi connectivity index (χ1v) is 19.3. The van der Waals surface area contributed by atoms with Crippen LogP contribution in [0.15, 0.2) is 48.5 Å². The summed E-state index contributed by atoms with van der Waals surface area (Å²) in [6.45, 7) is 3.63. The van der Waals surface area contributed by atoms with E-state index in [9.17, 15) is 97.7 Å². The van der Waals surface area contributed by atoms with Crippen molar-refractivity contribution in [1.29, 1.82) is 0 Å². The van der Waals surface area contributed by atoms with Gasteiger partial charge in [0.05, 0.1) is 12.1 Å². The van der Waals surface area contributed by atoms with Crippen molar-refractivity contribution in [2.75, 3.05) is 0 Å². The number of hydrogen-bond acceptors (Lipinski definition) is 5. The van der Waals surface area contributed by atoms with Crippen LogP contribution in [0.2, 0.25) is 0 Å². The van der Waals surface area contributed by atoms with E-state index in [1.807, 2.05) is 0 Å². The monoisotopic (exact) mass is 1130 g/mol. The second kappa shape index (κ2) is 17.6. The minimum absolute atomic E-state index is 0.0262. The van der Waals surface area contributed by atoms with Crippen LogP contribution in [-0.4, -0.2) is 117 Å². The fraction of sp³-hybridized carbons (Fsp3) is 0.658. The van der Waals surface area contributed by atoms with Gasteiger partial charge in [0, 0.05) is 11.1 Å². The molecule has 5 nitrogen and oxygen atoms in total. The van der Waals surface area contributed by atoms with E-state index in [4.69, 9.17) is 4.84 Å². The summed E-state index contributed by atoms with van der Waals surface area (Å²) in [5.74, 6) is -108. The van der Waals surface area contributed by atoms with Crippen LogP contribution in [-0.2, 0) is 14.4 Å². The zero-order chi connectivity index (χ0) is 57.3. The van der Waals surface area contributed by atoms with Crippen LogP contribution in [0.25, 0.3) is 11.1 Å². The summed E-state index contributed by atoms with van der Waals surface area (Å²) in [7, 11) is 0. The number of carbonyl (C=O) groups is 1. The first-order chi connectivity index (χ1) is 32.1. The maximum atomic E-state index is 16.5. The van der Waals surface area contributed by atoms with Gasteiger partial charge in [-0.2, -0.15) is 137 Å². The summed E-state index contributed by atoms with van der Waals surface area (Å²) >= 11 is 0. The molecule has 2 aliphatic heterocycles. The average molecular weight is 1130 g/mol. The van der Waals surface area contributed by atoms with Crippen molar-refractivity contribution in [2.24, 2.45) is 5.92 Å². The predicted octanol–water partition coefficient (Wildman–Crippen LogP) is 13.9. The molecule has 0 radical (unpaired) electrons. The number of halogens is 30. The molecule has 35 heteroatoms. The van der Waals surface area contributed by atoms with Gasteiger partial charge in [0.25, 0.3) is 0 Å². The lowest BCUT2D eigenvalue weighted by molar-refractivity contribution is -0.456. The van der Waals surface area contributed by atoms with E-state index < -0.39 is 147 Å². The Balaban J connectivity index is 2.02. The van der Waals surface area contributed by atoms with Gasteiger partial charge in [-0.3, -0.25) is 9.63 Å². The summed E-state index contributed by atoms with van der Waals surface area (Å²) in [6.07, 6.45) is -28.4. The fourth-order valence-corrected chi connectivity index (χ4v) is 7.60. The molecule has 0 aromatic heterocycles. The summed E-state index contributed by atoms with van der Waals surface area (Å²) in [4.78, 5) is 19.1. The van der Waals surface area contributed by atoms with E-state index in [0.717, 1.165) is 12.0 Å². The zero-order valence-corrected chi connectivity index (χ0v) is 35.4. The van der Waals surface area contributed by atoms with Gasteiger partial charge >= 0.3 is 89.4 Å². The molecule has 0 spiro atoms. The molecule has 2 aromatic rings. The van der Waals surface area contributed by atoms with Crippen molar-refractivity contribution in [1.82, 2.24) is 5.06 Å². The molecule has 1 N–H and O–H groups in total. The van der Waals surface area contributed by atoms with E-state index >= 15 is 43.9 Å². The molecule has 0 unspecified atom stereocenters. The number of esters is 1. The van der Waals surface area contributed by atoms with E-state index in [2.05, 4.69) is 4.74 Å². The SMILES string of the molecule is C[C@@H]1ON2[C@@H](CCC2(C)C)[C@H]1C(=O)O[C@H](c1ccccc1-c1ccccc1[C@@H](O)C(F)(F)C(F)(F)C(F)(F)C(F)(F)C(F)(F)C(F)(F)C(F)(F)F)C(F)(F)C(F)(F)C(F)(F)C(F)(F)C(F)(F)C(F)(F)C(F)(F)F. The lowest BCUT2D eigenvalue weighted by atomic mass is 9.83. The molecule has 0 bridgehead atoms. The van der Waals surface area contributed by atoms with Crippen molar-refractivity contribution in [2.45, 2.75) is 147 Å². The van der Waals surface area contributed by atoms with Crippen molar-refractivity contribution < 1.29 is 151 Å². The number of hydroxylamine groups is 2. The van der Waals surface area contributed by atoms with Gasteiger partial charge in [0.15, 0.2) is 6.10 Å². The second-order valence-corrected chi connectivity index (χ2v) is 17.0. The molecule has 2 aliphatic rings. The lowest BCUT2D eigenvalue weighted by Gasteiger charge is -2.43. The lowest BCUT2D eigenvalue weighted by Crippen LogP contribution is -2.73. The smallest absolute Gasteiger partial charge is 0.450 e. The van der Waals surface area contributed by atoms with Gasteiger partial charge < -0.3 is 9.84 Å². The number of alkyl halides is 30. The molecule has 0 aliphatic carbocycles. The molecule has 2 heterocycles. The number of rotatable bonds is 17. The Hall–Kier alpha value is -4.31. The van der Waals surface area contributed by atoms with Crippen LogP contribution >= 0.6 is 0 Å². The number of aliphatic hydroxyl groups is 1. The number of hydrogen-bond donors (Lipinski definition) is 1. The second-order valence-electron chi connectivity index (χ2n) is 17.0. The predicted molar refractivity (Wildman–Crippen MR) is 180 cm³/mol. The Kier molecular flexibility index (Phi) is 14.8. The molecular formula is C38H27F30NO4. The molecule has 0 amide bonds. The van der Waals surface area contributed by atoms with Gasteiger partial charge in [0.1, 0.15) is 12.0 Å². The van der Waals surface area contributed by atoms with E-state index in [1.165, 1.54) is 13.8 Å². The van der Waals surface area contributed by atoms with Crippen LogP contribution in [0.1, 0.15) is 56.9 Å². The van der Waals surface area contributed by atoms with Gasteiger partial charge in [-0.15, -0.1) is 0 Å². The summed E-state index contributed by atoms with van der Waals surface area (Å²) in [6, 6.07) is -1.23. The normalized spacial score (nSPS) is 21.8. The Morgan fingerprint density at radius 1 is 0.534 bits per heavy atom. The summed E-state index contributed by atoms with van der Waals surface area (Å²) in [5, 5.41) is 11.4. The van der Waals surface area contributed by atoms with Crippen LogP contribution in [0.3, 0.4) is 0 Å². The van der Waals surface area contributed by atoms with Crippen LogP contribution in [0, 0.1) is 5.92 Å². The molecule has 2 saturated heterocycles. The van der Waals surface area contributed by atoms with Crippen LogP contribution in [0.5, 0.6) is 0 Å². The van der Waals surface area contributed by atoms with Crippen LogP contribution in [0.4, 0.5) is 132 Å². The quantitative estimate of drug-likeness (QED) is 0.126. The standard InChI is InChI=1S/C38H27F30NO4/c1-14-20(19-12-13-24(2,3)69(19)73-14)23(71)72-22(26(41,42)28(45,46)30(49,50)32(53,54)34(57,58)36(61,62)38(66,67)68)18-11-7-5-9-16(18)15-8-4-6-10-17(15)21(70)25(39,40)27(43,44)29(47,48)31(51,52)33(55,56)35(59,60)37(63,64)65/h4-11,14,19-22,70H,12-13H2,1-3H3/t14-,19-,20-,21+,22+/m0/s1. The Morgan fingerprint density at radius 3 is 1.26 bits per heavy atom. The molecule has 2 fully saturated rings. The Labute approximate surface area is 386 Å². The maximum absolute atomic E-state index is 16.5. The van der Waals surface area contributed by atoms with Crippen LogP contribution < -0.4 is 0 Å². The highest BCUT2D eigenvalue weighted by Gasteiger charge is 2.95. The molecule has 0 saturated carbocycles. The first-order valence-electron chi connectivity index (χ1n) is 19.3. The third kappa shape index (κ3) is 8.47. The van der Waals surface area contributed by atoms with Crippen molar-refractivity contribution in [3.8, 4) is 11.1 Å². The Bertz CT molecular complexity index is 2360. The zero-order valence-electron chi connectivity index (χ0n) is 35.4. The van der Waals surface area contributed by atoms with Gasteiger partial charge in [-0.1, -0.05) is 48.5 Å². The number of fused-ring (bicyclic) bond motifs is 1. The highest BCUT2D eigenvalue weighted by atomic mass is 19.4. The average Bonchev–Trinajstić information content (AvgIpc) is 3.73. The maximum Gasteiger partial charge on any atom is 0.460 e. The summed E-state index contributed by atoms with van der Waals surface area (Å²) < 4.78 is 434. The third-order valence-electron chi connectivity index (χ3n) is 11.8.